The van der Waals surface area contributed by atoms with Crippen molar-refractivity contribution in [3.8, 4) is 5.75 Å². The van der Waals surface area contributed by atoms with Crippen LogP contribution in [-0.4, -0.2) is 5.11 Å². The summed E-state index contributed by atoms with van der Waals surface area (Å²) >= 11 is 0. The highest BCUT2D eigenvalue weighted by atomic mass is 16.3. The van der Waals surface area contributed by atoms with Crippen molar-refractivity contribution in [2.45, 2.75) is 104 Å². The SMILES string of the molecule is CCCCCCCCCCCCC(CC)Cc1cccc(C)c1O. The van der Waals surface area contributed by atoms with Crippen LogP contribution in [0, 0.1) is 12.8 Å². The van der Waals surface area contributed by atoms with Crippen molar-refractivity contribution in [3.63, 3.8) is 0 Å². The summed E-state index contributed by atoms with van der Waals surface area (Å²) in [7, 11) is 0. The van der Waals surface area contributed by atoms with E-state index in [4.69, 9.17) is 0 Å². The Balaban J connectivity index is 2.11. The lowest BCUT2D eigenvalue weighted by molar-refractivity contribution is 0.417. The van der Waals surface area contributed by atoms with Crippen LogP contribution in [0.15, 0.2) is 18.2 Å². The van der Waals surface area contributed by atoms with Gasteiger partial charge in [-0.1, -0.05) is 109 Å². The molecular weight excluding hydrogens is 292 g/mol. The smallest absolute Gasteiger partial charge is 0.121 e. The second-order valence-corrected chi connectivity index (χ2v) is 7.53. The fourth-order valence-corrected chi connectivity index (χ4v) is 3.57. The maximum absolute atomic E-state index is 10.2. The third-order valence-electron chi connectivity index (χ3n) is 5.37. The maximum atomic E-state index is 10.2. The van der Waals surface area contributed by atoms with Crippen molar-refractivity contribution in [1.29, 1.82) is 0 Å². The van der Waals surface area contributed by atoms with Gasteiger partial charge in [0.25, 0.3) is 0 Å². The molecule has 0 aromatic heterocycles. The molecule has 0 amide bonds. The second-order valence-electron chi connectivity index (χ2n) is 7.53. The maximum Gasteiger partial charge on any atom is 0.121 e. The molecule has 1 rings (SSSR count). The monoisotopic (exact) mass is 332 g/mol. The predicted octanol–water partition coefficient (Wildman–Crippen LogP) is 7.58. The Morgan fingerprint density at radius 2 is 1.42 bits per heavy atom. The minimum absolute atomic E-state index is 0.513. The largest absolute Gasteiger partial charge is 0.507 e. The minimum atomic E-state index is 0.513. The molecule has 138 valence electrons. The highest BCUT2D eigenvalue weighted by Crippen LogP contribution is 2.27. The molecule has 0 fully saturated rings. The Hall–Kier alpha value is -0.980. The Morgan fingerprint density at radius 1 is 0.833 bits per heavy atom. The molecule has 0 bridgehead atoms. The Kier molecular flexibility index (Phi) is 11.7. The number of hydrogen-bond donors (Lipinski definition) is 1. The number of hydrogen-bond acceptors (Lipinski definition) is 1. The topological polar surface area (TPSA) is 20.2 Å². The molecule has 0 saturated heterocycles. The van der Waals surface area contributed by atoms with Crippen molar-refractivity contribution < 1.29 is 5.11 Å². The fraction of sp³-hybridized carbons (Fsp3) is 0.739. The molecule has 1 N–H and O–H groups in total. The van der Waals surface area contributed by atoms with Crippen LogP contribution in [0.5, 0.6) is 5.75 Å². The first-order chi connectivity index (χ1) is 11.7. The van der Waals surface area contributed by atoms with Gasteiger partial charge < -0.3 is 5.11 Å². The van der Waals surface area contributed by atoms with E-state index < -0.39 is 0 Å². The summed E-state index contributed by atoms with van der Waals surface area (Å²) in [6.45, 7) is 6.56. The third kappa shape index (κ3) is 8.76. The van der Waals surface area contributed by atoms with Gasteiger partial charge >= 0.3 is 0 Å². The first-order valence-electron chi connectivity index (χ1n) is 10.5. The van der Waals surface area contributed by atoms with E-state index >= 15 is 0 Å². The molecule has 0 aliphatic heterocycles. The molecule has 0 heterocycles. The van der Waals surface area contributed by atoms with E-state index in [0.29, 0.717) is 11.7 Å². The zero-order valence-corrected chi connectivity index (χ0v) is 16.4. The van der Waals surface area contributed by atoms with Gasteiger partial charge in [0.1, 0.15) is 5.75 Å². The highest BCUT2D eigenvalue weighted by Gasteiger charge is 2.11. The second kappa shape index (κ2) is 13.3. The lowest BCUT2D eigenvalue weighted by Gasteiger charge is -2.16. The number of aryl methyl sites for hydroxylation is 1. The molecule has 1 unspecified atom stereocenters. The first-order valence-corrected chi connectivity index (χ1v) is 10.5. The summed E-state index contributed by atoms with van der Waals surface area (Å²) < 4.78 is 0. The van der Waals surface area contributed by atoms with Crippen LogP contribution in [-0.2, 0) is 6.42 Å². The van der Waals surface area contributed by atoms with Crippen LogP contribution in [0.3, 0.4) is 0 Å². The summed E-state index contributed by atoms with van der Waals surface area (Å²) in [4.78, 5) is 0. The summed E-state index contributed by atoms with van der Waals surface area (Å²) in [5.74, 6) is 1.23. The number of aromatic hydroxyl groups is 1. The number of phenolic OH excluding ortho intramolecular Hbond substituents is 1. The Labute approximate surface area is 150 Å². The molecule has 0 radical (unpaired) electrons. The van der Waals surface area contributed by atoms with E-state index in [-0.39, 0.29) is 0 Å². The third-order valence-corrected chi connectivity index (χ3v) is 5.37. The normalized spacial score (nSPS) is 12.5. The molecule has 1 aromatic carbocycles. The number of unbranched alkanes of at least 4 members (excludes halogenated alkanes) is 9. The average Bonchev–Trinajstić information content (AvgIpc) is 2.59. The molecule has 1 heteroatoms. The molecule has 1 atom stereocenters. The van der Waals surface area contributed by atoms with Crippen LogP contribution in [0.25, 0.3) is 0 Å². The van der Waals surface area contributed by atoms with Crippen molar-refractivity contribution in [1.82, 2.24) is 0 Å². The predicted molar refractivity (Wildman–Crippen MR) is 107 cm³/mol. The summed E-state index contributed by atoms with van der Waals surface area (Å²) in [5, 5.41) is 10.2. The van der Waals surface area contributed by atoms with E-state index in [1.165, 1.54) is 77.0 Å². The van der Waals surface area contributed by atoms with Gasteiger partial charge in [-0.25, -0.2) is 0 Å². The molecule has 0 aliphatic carbocycles. The molecule has 1 aromatic rings. The molecule has 0 spiro atoms. The standard InChI is InChI=1S/C23H40O/c1-4-6-7-8-9-10-11-12-13-14-17-21(5-2)19-22-18-15-16-20(3)23(22)24/h15-16,18,21,24H,4-14,17,19H2,1-3H3. The minimum Gasteiger partial charge on any atom is -0.507 e. The molecule has 24 heavy (non-hydrogen) atoms. The average molecular weight is 333 g/mol. The number of rotatable bonds is 14. The van der Waals surface area contributed by atoms with Crippen LogP contribution >= 0.6 is 0 Å². The van der Waals surface area contributed by atoms with E-state index in [1.807, 2.05) is 13.0 Å². The van der Waals surface area contributed by atoms with Gasteiger partial charge in [-0.15, -0.1) is 0 Å². The molecule has 0 aliphatic rings. The van der Waals surface area contributed by atoms with Crippen molar-refractivity contribution in [2.75, 3.05) is 0 Å². The van der Waals surface area contributed by atoms with Gasteiger partial charge in [0.05, 0.1) is 0 Å². The van der Waals surface area contributed by atoms with Gasteiger partial charge in [0.2, 0.25) is 0 Å². The van der Waals surface area contributed by atoms with Crippen molar-refractivity contribution >= 4 is 0 Å². The molecule has 0 saturated carbocycles. The zero-order valence-electron chi connectivity index (χ0n) is 16.4. The van der Waals surface area contributed by atoms with Crippen LogP contribution in [0.4, 0.5) is 0 Å². The first kappa shape index (κ1) is 21.1. The summed E-state index contributed by atoms with van der Waals surface area (Å²) in [5.41, 5.74) is 2.13. The van der Waals surface area contributed by atoms with E-state index in [1.54, 1.807) is 0 Å². The summed E-state index contributed by atoms with van der Waals surface area (Å²) in [6, 6.07) is 6.14. The van der Waals surface area contributed by atoms with Crippen molar-refractivity contribution in [2.24, 2.45) is 5.92 Å². The quantitative estimate of drug-likeness (QED) is 0.348. The van der Waals surface area contributed by atoms with Gasteiger partial charge in [-0.05, 0) is 30.4 Å². The number of phenols is 1. The lowest BCUT2D eigenvalue weighted by Crippen LogP contribution is -2.04. The molecule has 1 nitrogen and oxygen atoms in total. The number of para-hydroxylation sites is 1. The number of benzene rings is 1. The zero-order chi connectivity index (χ0) is 17.6. The van der Waals surface area contributed by atoms with Crippen LogP contribution < -0.4 is 0 Å². The van der Waals surface area contributed by atoms with Crippen LogP contribution in [0.2, 0.25) is 0 Å². The van der Waals surface area contributed by atoms with Gasteiger partial charge in [0, 0.05) is 0 Å². The van der Waals surface area contributed by atoms with Crippen LogP contribution in [0.1, 0.15) is 102 Å². The Morgan fingerprint density at radius 3 is 2.00 bits per heavy atom. The van der Waals surface area contributed by atoms with E-state index in [9.17, 15) is 5.11 Å². The highest BCUT2D eigenvalue weighted by molar-refractivity contribution is 5.39. The van der Waals surface area contributed by atoms with Gasteiger partial charge in [0.15, 0.2) is 0 Å². The lowest BCUT2D eigenvalue weighted by atomic mass is 9.90. The molecular formula is C23H40O. The van der Waals surface area contributed by atoms with Crippen molar-refractivity contribution in [3.05, 3.63) is 29.3 Å². The van der Waals surface area contributed by atoms with Gasteiger partial charge in [-0.2, -0.15) is 0 Å². The van der Waals surface area contributed by atoms with E-state index in [0.717, 1.165) is 17.5 Å². The Bertz CT molecular complexity index is 424. The summed E-state index contributed by atoms with van der Waals surface area (Å²) in [6.07, 6.45) is 17.6. The fourth-order valence-electron chi connectivity index (χ4n) is 3.57. The van der Waals surface area contributed by atoms with Gasteiger partial charge in [-0.3, -0.25) is 0 Å². The van der Waals surface area contributed by atoms with E-state index in [2.05, 4.69) is 26.0 Å².